The fourth-order valence-electron chi connectivity index (χ4n) is 2.86. The van der Waals surface area contributed by atoms with Crippen LogP contribution in [0.3, 0.4) is 0 Å². The molecule has 3 heteroatoms. The Morgan fingerprint density at radius 3 is 2.12 bits per heavy atom. The second-order valence-electron chi connectivity index (χ2n) is 6.61. The molecule has 0 saturated carbocycles. The molecule has 0 heterocycles. The van der Waals surface area contributed by atoms with Crippen molar-refractivity contribution in [2.75, 3.05) is 11.9 Å². The van der Waals surface area contributed by atoms with Crippen LogP contribution < -0.4 is 5.32 Å². The zero-order chi connectivity index (χ0) is 17.6. The topological polar surface area (TPSA) is 38.3 Å². The smallest absolute Gasteiger partial charge is 0.338 e. The van der Waals surface area contributed by atoms with Gasteiger partial charge in [-0.25, -0.2) is 4.79 Å². The van der Waals surface area contributed by atoms with Crippen LogP contribution in [0.25, 0.3) is 0 Å². The fraction of sp³-hybridized carbons (Fsp3) is 0.667. The average molecular weight is 334 g/mol. The van der Waals surface area contributed by atoms with Gasteiger partial charge in [0.15, 0.2) is 0 Å². The zero-order valence-corrected chi connectivity index (χ0v) is 15.8. The second-order valence-corrected chi connectivity index (χ2v) is 6.61. The molecule has 1 unspecified atom stereocenters. The summed E-state index contributed by atoms with van der Waals surface area (Å²) >= 11 is 0. The molecule has 0 aromatic heterocycles. The molecule has 0 aliphatic carbocycles. The molecule has 136 valence electrons. The summed E-state index contributed by atoms with van der Waals surface area (Å²) in [5.41, 5.74) is 1.67. The number of unbranched alkanes of at least 4 members (excludes halogenated alkanes) is 7. The summed E-state index contributed by atoms with van der Waals surface area (Å²) in [5.74, 6) is -0.254. The number of carbonyl (C=O) groups excluding carboxylic acids is 1. The van der Waals surface area contributed by atoms with Crippen molar-refractivity contribution in [3.05, 3.63) is 29.8 Å². The van der Waals surface area contributed by atoms with Crippen LogP contribution >= 0.6 is 0 Å². The number of carbonyl (C=O) groups is 1. The number of nitrogens with one attached hydrogen (secondary N) is 1. The quantitative estimate of drug-likeness (QED) is 0.345. The van der Waals surface area contributed by atoms with Gasteiger partial charge in [0.2, 0.25) is 0 Å². The van der Waals surface area contributed by atoms with E-state index in [1.807, 2.05) is 31.2 Å². The Labute approximate surface area is 148 Å². The Kier molecular flexibility index (Phi) is 11.0. The van der Waals surface area contributed by atoms with Crippen LogP contribution in [0.15, 0.2) is 24.3 Å². The zero-order valence-electron chi connectivity index (χ0n) is 15.8. The summed E-state index contributed by atoms with van der Waals surface area (Å²) < 4.78 is 5.00. The summed E-state index contributed by atoms with van der Waals surface area (Å²) in [5, 5.41) is 3.51. The van der Waals surface area contributed by atoms with E-state index in [0.717, 1.165) is 5.69 Å². The Morgan fingerprint density at radius 1 is 0.958 bits per heavy atom. The molecule has 0 saturated heterocycles. The van der Waals surface area contributed by atoms with E-state index >= 15 is 0 Å². The van der Waals surface area contributed by atoms with Crippen LogP contribution in [0.1, 0.15) is 88.9 Å². The van der Waals surface area contributed by atoms with E-state index < -0.39 is 0 Å². The van der Waals surface area contributed by atoms with E-state index in [-0.39, 0.29) is 5.97 Å². The molecule has 0 fully saturated rings. The largest absolute Gasteiger partial charge is 0.462 e. The standard InChI is InChI=1S/C21H35NO2/c1-4-6-7-8-9-10-11-12-13-18(3)22-20-16-14-19(15-17-20)21(23)24-5-2/h14-18,22H,4-13H2,1-3H3. The first kappa shape index (κ1) is 20.5. The van der Waals surface area contributed by atoms with Crippen LogP contribution in [0.4, 0.5) is 5.69 Å². The van der Waals surface area contributed by atoms with E-state index in [2.05, 4.69) is 19.2 Å². The first-order valence-corrected chi connectivity index (χ1v) is 9.71. The predicted octanol–water partition coefficient (Wildman–Crippen LogP) is 6.19. The lowest BCUT2D eigenvalue weighted by atomic mass is 10.0. The van der Waals surface area contributed by atoms with Crippen molar-refractivity contribution >= 4 is 11.7 Å². The van der Waals surface area contributed by atoms with E-state index in [4.69, 9.17) is 4.74 Å². The third-order valence-electron chi connectivity index (χ3n) is 4.30. The SMILES string of the molecule is CCCCCCCCCCC(C)Nc1ccc(C(=O)OCC)cc1. The lowest BCUT2D eigenvalue weighted by Crippen LogP contribution is -2.15. The van der Waals surface area contributed by atoms with Gasteiger partial charge in [0.25, 0.3) is 0 Å². The van der Waals surface area contributed by atoms with Crippen molar-refractivity contribution in [1.29, 1.82) is 0 Å². The van der Waals surface area contributed by atoms with Crippen LogP contribution in [-0.2, 0) is 4.74 Å². The van der Waals surface area contributed by atoms with Gasteiger partial charge in [0.05, 0.1) is 12.2 Å². The molecule has 0 aliphatic heterocycles. The van der Waals surface area contributed by atoms with E-state index in [1.54, 1.807) is 0 Å². The highest BCUT2D eigenvalue weighted by atomic mass is 16.5. The van der Waals surface area contributed by atoms with Gasteiger partial charge in [-0.1, -0.05) is 58.3 Å². The Hall–Kier alpha value is -1.51. The molecule has 1 aromatic rings. The molecule has 1 aromatic carbocycles. The van der Waals surface area contributed by atoms with Gasteiger partial charge >= 0.3 is 5.97 Å². The minimum atomic E-state index is -0.254. The molecule has 3 nitrogen and oxygen atoms in total. The minimum absolute atomic E-state index is 0.254. The number of anilines is 1. The number of hydrogen-bond donors (Lipinski definition) is 1. The van der Waals surface area contributed by atoms with E-state index in [0.29, 0.717) is 18.2 Å². The van der Waals surface area contributed by atoms with Crippen LogP contribution in [-0.4, -0.2) is 18.6 Å². The fourth-order valence-corrected chi connectivity index (χ4v) is 2.86. The molecule has 0 aliphatic rings. The number of rotatable bonds is 13. The monoisotopic (exact) mass is 333 g/mol. The van der Waals surface area contributed by atoms with Gasteiger partial charge in [-0.2, -0.15) is 0 Å². The second kappa shape index (κ2) is 12.9. The highest BCUT2D eigenvalue weighted by Gasteiger charge is 2.07. The molecular weight excluding hydrogens is 298 g/mol. The first-order valence-electron chi connectivity index (χ1n) is 9.71. The Bertz CT molecular complexity index is 442. The number of benzene rings is 1. The maximum Gasteiger partial charge on any atom is 0.338 e. The summed E-state index contributed by atoms with van der Waals surface area (Å²) in [7, 11) is 0. The van der Waals surface area contributed by atoms with Crippen LogP contribution in [0.5, 0.6) is 0 Å². The Balaban J connectivity index is 2.16. The lowest BCUT2D eigenvalue weighted by Gasteiger charge is -2.15. The maximum atomic E-state index is 11.6. The van der Waals surface area contributed by atoms with Gasteiger partial charge < -0.3 is 10.1 Å². The first-order chi connectivity index (χ1) is 11.7. The van der Waals surface area contributed by atoms with E-state index in [9.17, 15) is 4.79 Å². The maximum absolute atomic E-state index is 11.6. The van der Waals surface area contributed by atoms with Crippen molar-refractivity contribution in [2.45, 2.75) is 84.6 Å². The normalized spacial score (nSPS) is 12.0. The third kappa shape index (κ3) is 8.95. The molecule has 0 spiro atoms. The molecule has 1 rings (SSSR count). The summed E-state index contributed by atoms with van der Waals surface area (Å²) in [6.07, 6.45) is 12.1. The van der Waals surface area contributed by atoms with Gasteiger partial charge in [0, 0.05) is 11.7 Å². The molecular formula is C21H35NO2. The molecule has 1 atom stereocenters. The summed E-state index contributed by atoms with van der Waals surface area (Å²) in [6.45, 7) is 6.72. The predicted molar refractivity (Wildman–Crippen MR) is 103 cm³/mol. The van der Waals surface area contributed by atoms with Crippen LogP contribution in [0, 0.1) is 0 Å². The average Bonchev–Trinajstić information content (AvgIpc) is 2.58. The van der Waals surface area contributed by atoms with Gasteiger partial charge in [-0.05, 0) is 44.5 Å². The van der Waals surface area contributed by atoms with E-state index in [1.165, 1.54) is 57.8 Å². The van der Waals surface area contributed by atoms with Gasteiger partial charge in [-0.15, -0.1) is 0 Å². The summed E-state index contributed by atoms with van der Waals surface area (Å²) in [4.78, 5) is 11.6. The number of ether oxygens (including phenoxy) is 1. The third-order valence-corrected chi connectivity index (χ3v) is 4.30. The van der Waals surface area contributed by atoms with Crippen LogP contribution in [0.2, 0.25) is 0 Å². The molecule has 0 bridgehead atoms. The Morgan fingerprint density at radius 2 is 1.54 bits per heavy atom. The van der Waals surface area contributed by atoms with Gasteiger partial charge in [0.1, 0.15) is 0 Å². The number of hydrogen-bond acceptors (Lipinski definition) is 3. The minimum Gasteiger partial charge on any atom is -0.462 e. The molecule has 1 N–H and O–H groups in total. The highest BCUT2D eigenvalue weighted by molar-refractivity contribution is 5.89. The van der Waals surface area contributed by atoms with Crippen molar-refractivity contribution in [2.24, 2.45) is 0 Å². The molecule has 24 heavy (non-hydrogen) atoms. The highest BCUT2D eigenvalue weighted by Crippen LogP contribution is 2.15. The summed E-state index contributed by atoms with van der Waals surface area (Å²) in [6, 6.07) is 8.01. The van der Waals surface area contributed by atoms with Crippen molar-refractivity contribution < 1.29 is 9.53 Å². The lowest BCUT2D eigenvalue weighted by molar-refractivity contribution is 0.0526. The van der Waals surface area contributed by atoms with Crippen molar-refractivity contribution in [3.63, 3.8) is 0 Å². The van der Waals surface area contributed by atoms with Crippen molar-refractivity contribution in [1.82, 2.24) is 0 Å². The van der Waals surface area contributed by atoms with Crippen molar-refractivity contribution in [3.8, 4) is 0 Å². The molecule has 0 radical (unpaired) electrons. The van der Waals surface area contributed by atoms with Gasteiger partial charge in [-0.3, -0.25) is 0 Å². The number of esters is 1. The molecule has 0 amide bonds.